The molecule has 0 spiro atoms. The van der Waals surface area contributed by atoms with E-state index in [1.165, 1.54) is 12.0 Å². The molecule has 1 rings (SSSR count). The zero-order valence-corrected chi connectivity index (χ0v) is 9.48. The Balaban J connectivity index is 2.81. The average molecular weight is 205 g/mol. The van der Waals surface area contributed by atoms with Crippen LogP contribution in [-0.4, -0.2) is 10.9 Å². The van der Waals surface area contributed by atoms with Crippen molar-refractivity contribution in [3.05, 3.63) is 35.9 Å². The van der Waals surface area contributed by atoms with Gasteiger partial charge in [0, 0.05) is 5.92 Å². The molecule has 2 heteroatoms. The number of unbranched alkanes of at least 4 members (excludes halogenated alkanes) is 1. The minimum absolute atomic E-state index is 0.260. The first-order chi connectivity index (χ1) is 7.29. The quantitative estimate of drug-likeness (QED) is 0.442. The molecule has 0 saturated heterocycles. The Labute approximate surface area is 91.6 Å². The number of benzene rings is 1. The molecule has 0 saturated carbocycles. The van der Waals surface area contributed by atoms with Gasteiger partial charge in [-0.25, -0.2) is 0 Å². The maximum Gasteiger partial charge on any atom is 0.0614 e. The normalized spacial score (nSPS) is 13.9. The molecular formula is C13H19NO. The molecule has 0 heterocycles. The van der Waals surface area contributed by atoms with E-state index in [0.29, 0.717) is 0 Å². The van der Waals surface area contributed by atoms with Gasteiger partial charge in [-0.3, -0.25) is 0 Å². The first-order valence-electron chi connectivity index (χ1n) is 5.53. The molecule has 0 aliphatic carbocycles. The smallest absolute Gasteiger partial charge is 0.0614 e. The second-order valence-electron chi connectivity index (χ2n) is 3.85. The van der Waals surface area contributed by atoms with E-state index in [2.05, 4.69) is 24.2 Å². The largest absolute Gasteiger partial charge is 0.411 e. The molecule has 0 fully saturated rings. The molecule has 2 nitrogen and oxygen atoms in total. The SMILES string of the molecule is CCCCC(C(C)=NO)c1ccccc1. The first kappa shape index (κ1) is 11.8. The Morgan fingerprint density at radius 2 is 2.00 bits per heavy atom. The van der Waals surface area contributed by atoms with Crippen molar-refractivity contribution in [2.24, 2.45) is 5.16 Å². The molecule has 82 valence electrons. The fourth-order valence-electron chi connectivity index (χ4n) is 1.78. The topological polar surface area (TPSA) is 32.6 Å². The fourth-order valence-corrected chi connectivity index (χ4v) is 1.78. The van der Waals surface area contributed by atoms with E-state index in [4.69, 9.17) is 5.21 Å². The van der Waals surface area contributed by atoms with Crippen LogP contribution >= 0.6 is 0 Å². The first-order valence-corrected chi connectivity index (χ1v) is 5.53. The Bertz CT molecular complexity index is 306. The molecule has 1 aromatic rings. The van der Waals surface area contributed by atoms with Crippen molar-refractivity contribution in [3.8, 4) is 0 Å². The highest BCUT2D eigenvalue weighted by atomic mass is 16.4. The van der Waals surface area contributed by atoms with Crippen LogP contribution in [0.3, 0.4) is 0 Å². The van der Waals surface area contributed by atoms with Crippen molar-refractivity contribution in [2.75, 3.05) is 0 Å². The van der Waals surface area contributed by atoms with Crippen LogP contribution in [0.15, 0.2) is 35.5 Å². The number of rotatable bonds is 5. The summed E-state index contributed by atoms with van der Waals surface area (Å²) >= 11 is 0. The Morgan fingerprint density at radius 3 is 2.53 bits per heavy atom. The van der Waals surface area contributed by atoms with Crippen LogP contribution in [0.1, 0.15) is 44.6 Å². The number of hydrogen-bond acceptors (Lipinski definition) is 2. The molecular weight excluding hydrogens is 186 g/mol. The van der Waals surface area contributed by atoms with E-state index in [0.717, 1.165) is 18.6 Å². The maximum atomic E-state index is 8.85. The Kier molecular flexibility index (Phi) is 4.88. The molecule has 15 heavy (non-hydrogen) atoms. The number of nitrogens with zero attached hydrogens (tertiary/aromatic N) is 1. The van der Waals surface area contributed by atoms with Gasteiger partial charge >= 0.3 is 0 Å². The number of oxime groups is 1. The van der Waals surface area contributed by atoms with Crippen LogP contribution in [-0.2, 0) is 0 Å². The third kappa shape index (κ3) is 3.39. The molecule has 1 unspecified atom stereocenters. The van der Waals surface area contributed by atoms with Gasteiger partial charge < -0.3 is 5.21 Å². The minimum atomic E-state index is 0.260. The van der Waals surface area contributed by atoms with E-state index in [1.54, 1.807) is 0 Å². The van der Waals surface area contributed by atoms with E-state index in [1.807, 2.05) is 25.1 Å². The van der Waals surface area contributed by atoms with Gasteiger partial charge in [0.15, 0.2) is 0 Å². The Hall–Kier alpha value is -1.31. The summed E-state index contributed by atoms with van der Waals surface area (Å²) in [5.74, 6) is 0.260. The monoisotopic (exact) mass is 205 g/mol. The summed E-state index contributed by atoms with van der Waals surface area (Å²) in [6.07, 6.45) is 3.38. The summed E-state index contributed by atoms with van der Waals surface area (Å²) in [5, 5.41) is 12.2. The van der Waals surface area contributed by atoms with E-state index in [-0.39, 0.29) is 5.92 Å². The van der Waals surface area contributed by atoms with Gasteiger partial charge in [0.05, 0.1) is 5.71 Å². The summed E-state index contributed by atoms with van der Waals surface area (Å²) in [6, 6.07) is 10.2. The van der Waals surface area contributed by atoms with Gasteiger partial charge in [-0.15, -0.1) is 0 Å². The van der Waals surface area contributed by atoms with Crippen molar-refractivity contribution in [3.63, 3.8) is 0 Å². The second kappa shape index (κ2) is 6.23. The standard InChI is InChI=1S/C13H19NO/c1-3-4-10-13(11(2)14-15)12-8-6-5-7-9-12/h5-9,13,15H,3-4,10H2,1-2H3. The molecule has 0 aliphatic rings. The van der Waals surface area contributed by atoms with Gasteiger partial charge in [-0.05, 0) is 18.9 Å². The van der Waals surface area contributed by atoms with Gasteiger partial charge in [0.1, 0.15) is 0 Å². The molecule has 0 bridgehead atoms. The van der Waals surface area contributed by atoms with Gasteiger partial charge in [0.25, 0.3) is 0 Å². The molecule has 1 N–H and O–H groups in total. The van der Waals surface area contributed by atoms with Crippen molar-refractivity contribution < 1.29 is 5.21 Å². The average Bonchev–Trinajstić information content (AvgIpc) is 2.30. The lowest BCUT2D eigenvalue weighted by Crippen LogP contribution is -2.09. The van der Waals surface area contributed by atoms with E-state index in [9.17, 15) is 0 Å². The lowest BCUT2D eigenvalue weighted by Gasteiger charge is -2.15. The fraction of sp³-hybridized carbons (Fsp3) is 0.462. The van der Waals surface area contributed by atoms with Crippen LogP contribution in [0.25, 0.3) is 0 Å². The lowest BCUT2D eigenvalue weighted by molar-refractivity contribution is 0.316. The second-order valence-corrected chi connectivity index (χ2v) is 3.85. The van der Waals surface area contributed by atoms with Crippen molar-refractivity contribution in [2.45, 2.75) is 39.0 Å². The highest BCUT2D eigenvalue weighted by Crippen LogP contribution is 2.23. The maximum absolute atomic E-state index is 8.85. The van der Waals surface area contributed by atoms with Gasteiger partial charge in [0.2, 0.25) is 0 Å². The van der Waals surface area contributed by atoms with E-state index >= 15 is 0 Å². The van der Waals surface area contributed by atoms with Crippen LogP contribution < -0.4 is 0 Å². The molecule has 1 aromatic carbocycles. The molecule has 0 radical (unpaired) electrons. The third-order valence-electron chi connectivity index (χ3n) is 2.71. The van der Waals surface area contributed by atoms with Crippen molar-refractivity contribution in [1.29, 1.82) is 0 Å². The van der Waals surface area contributed by atoms with Crippen molar-refractivity contribution in [1.82, 2.24) is 0 Å². The summed E-state index contributed by atoms with van der Waals surface area (Å²) in [5.41, 5.74) is 2.04. The van der Waals surface area contributed by atoms with Crippen LogP contribution in [0.2, 0.25) is 0 Å². The minimum Gasteiger partial charge on any atom is -0.411 e. The predicted octanol–water partition coefficient (Wildman–Crippen LogP) is 3.81. The summed E-state index contributed by atoms with van der Waals surface area (Å²) < 4.78 is 0. The summed E-state index contributed by atoms with van der Waals surface area (Å²) in [6.45, 7) is 4.06. The molecule has 0 aliphatic heterocycles. The summed E-state index contributed by atoms with van der Waals surface area (Å²) in [4.78, 5) is 0. The molecule has 0 aromatic heterocycles. The third-order valence-corrected chi connectivity index (χ3v) is 2.71. The van der Waals surface area contributed by atoms with E-state index < -0.39 is 0 Å². The van der Waals surface area contributed by atoms with Crippen molar-refractivity contribution >= 4 is 5.71 Å². The predicted molar refractivity (Wildman–Crippen MR) is 63.6 cm³/mol. The molecule has 0 amide bonds. The van der Waals surface area contributed by atoms with Gasteiger partial charge in [-0.2, -0.15) is 0 Å². The zero-order valence-electron chi connectivity index (χ0n) is 9.48. The Morgan fingerprint density at radius 1 is 1.33 bits per heavy atom. The molecule has 1 atom stereocenters. The van der Waals surface area contributed by atoms with Crippen LogP contribution in [0.5, 0.6) is 0 Å². The van der Waals surface area contributed by atoms with Crippen LogP contribution in [0, 0.1) is 0 Å². The highest BCUT2D eigenvalue weighted by molar-refractivity contribution is 5.88. The highest BCUT2D eigenvalue weighted by Gasteiger charge is 2.14. The number of hydrogen-bond donors (Lipinski definition) is 1. The lowest BCUT2D eigenvalue weighted by atomic mass is 9.90. The summed E-state index contributed by atoms with van der Waals surface area (Å²) in [7, 11) is 0. The van der Waals surface area contributed by atoms with Gasteiger partial charge in [-0.1, -0.05) is 55.3 Å². The van der Waals surface area contributed by atoms with Crippen LogP contribution in [0.4, 0.5) is 0 Å². The zero-order chi connectivity index (χ0) is 11.1.